The van der Waals surface area contributed by atoms with Crippen LogP contribution in [0.25, 0.3) is 16.8 Å². The van der Waals surface area contributed by atoms with Gasteiger partial charge in [0.1, 0.15) is 23.7 Å². The lowest BCUT2D eigenvalue weighted by Gasteiger charge is -2.43. The molecule has 176 valence electrons. The van der Waals surface area contributed by atoms with Crippen LogP contribution in [0.4, 0.5) is 11.6 Å². The van der Waals surface area contributed by atoms with E-state index in [1.165, 1.54) is 0 Å². The molecule has 1 aliphatic heterocycles. The summed E-state index contributed by atoms with van der Waals surface area (Å²) >= 11 is 0. The largest absolute Gasteiger partial charge is 0.496 e. The van der Waals surface area contributed by atoms with E-state index in [1.807, 2.05) is 28.8 Å². The molecule has 34 heavy (non-hydrogen) atoms. The molecule has 1 N–H and O–H groups in total. The number of aromatic nitrogens is 4. The second-order valence-electron chi connectivity index (χ2n) is 9.02. The highest BCUT2D eigenvalue weighted by atomic mass is 16.5. The fraction of sp³-hybridized carbons (Fsp3) is 0.346. The van der Waals surface area contributed by atoms with Crippen molar-refractivity contribution in [2.45, 2.75) is 32.5 Å². The third-order valence-electron chi connectivity index (χ3n) is 6.76. The average Bonchev–Trinajstić information content (AvgIpc) is 3.35. The maximum atomic E-state index is 5.47. The number of likely N-dealkylation sites (N-methyl/N-ethyl adjacent to an activating group) is 1. The summed E-state index contributed by atoms with van der Waals surface area (Å²) in [5.41, 5.74) is 3.90. The molecule has 0 bridgehead atoms. The minimum absolute atomic E-state index is 0.427. The third-order valence-corrected chi connectivity index (χ3v) is 6.76. The summed E-state index contributed by atoms with van der Waals surface area (Å²) in [6.45, 7) is 7.17. The normalized spacial score (nSPS) is 18.9. The lowest BCUT2D eigenvalue weighted by atomic mass is 10.1. The van der Waals surface area contributed by atoms with E-state index in [0.29, 0.717) is 18.6 Å². The summed E-state index contributed by atoms with van der Waals surface area (Å²) in [7, 11) is 3.88. The molecule has 1 saturated heterocycles. The van der Waals surface area contributed by atoms with Crippen molar-refractivity contribution >= 4 is 17.3 Å². The maximum Gasteiger partial charge on any atom is 0.170 e. The SMILES string of the molecule is COc1ccccc1CNc1ccc(-c2ccc(N3CC(C)N(C)CC3C)nc2)c2nncn12. The molecule has 3 aromatic heterocycles. The van der Waals surface area contributed by atoms with Gasteiger partial charge in [0.15, 0.2) is 5.65 Å². The van der Waals surface area contributed by atoms with Crippen molar-refractivity contribution in [2.24, 2.45) is 0 Å². The van der Waals surface area contributed by atoms with Crippen LogP contribution in [0.3, 0.4) is 0 Å². The molecule has 2 atom stereocenters. The Labute approximate surface area is 200 Å². The summed E-state index contributed by atoms with van der Waals surface area (Å²) < 4.78 is 7.45. The number of methoxy groups -OCH3 is 1. The van der Waals surface area contributed by atoms with E-state index in [1.54, 1.807) is 13.4 Å². The molecule has 2 unspecified atom stereocenters. The molecule has 0 saturated carbocycles. The molecule has 1 fully saturated rings. The Morgan fingerprint density at radius 2 is 1.88 bits per heavy atom. The zero-order valence-electron chi connectivity index (χ0n) is 20.1. The first-order valence-corrected chi connectivity index (χ1v) is 11.7. The van der Waals surface area contributed by atoms with E-state index in [0.717, 1.165) is 52.8 Å². The van der Waals surface area contributed by atoms with Gasteiger partial charge in [0, 0.05) is 54.6 Å². The van der Waals surface area contributed by atoms with Gasteiger partial charge in [-0.3, -0.25) is 9.30 Å². The molecule has 1 aromatic carbocycles. The Bertz CT molecular complexity index is 1270. The first-order valence-electron chi connectivity index (χ1n) is 11.7. The van der Waals surface area contributed by atoms with Crippen molar-refractivity contribution in [3.63, 3.8) is 0 Å². The number of ether oxygens (including phenoxy) is 1. The fourth-order valence-corrected chi connectivity index (χ4v) is 4.65. The number of hydrogen-bond acceptors (Lipinski definition) is 7. The molecule has 8 nitrogen and oxygen atoms in total. The van der Waals surface area contributed by atoms with Crippen molar-refractivity contribution in [2.75, 3.05) is 37.5 Å². The van der Waals surface area contributed by atoms with Crippen molar-refractivity contribution in [1.82, 2.24) is 24.5 Å². The minimum Gasteiger partial charge on any atom is -0.496 e. The number of piperazine rings is 1. The van der Waals surface area contributed by atoms with Crippen molar-refractivity contribution in [3.05, 3.63) is 66.6 Å². The van der Waals surface area contributed by atoms with Crippen LogP contribution in [0.2, 0.25) is 0 Å². The van der Waals surface area contributed by atoms with Crippen LogP contribution in [0.15, 0.2) is 61.1 Å². The number of pyridine rings is 2. The van der Waals surface area contributed by atoms with Crippen molar-refractivity contribution in [1.29, 1.82) is 0 Å². The highest BCUT2D eigenvalue weighted by Gasteiger charge is 2.27. The number of benzene rings is 1. The first-order chi connectivity index (χ1) is 16.5. The zero-order chi connectivity index (χ0) is 23.7. The van der Waals surface area contributed by atoms with Crippen LogP contribution >= 0.6 is 0 Å². The number of nitrogens with one attached hydrogen (secondary N) is 1. The van der Waals surface area contributed by atoms with Gasteiger partial charge in [-0.15, -0.1) is 10.2 Å². The van der Waals surface area contributed by atoms with E-state index in [-0.39, 0.29) is 0 Å². The molecule has 0 spiro atoms. The van der Waals surface area contributed by atoms with E-state index >= 15 is 0 Å². The van der Waals surface area contributed by atoms with E-state index in [2.05, 4.69) is 76.5 Å². The highest BCUT2D eigenvalue weighted by molar-refractivity contribution is 5.79. The molecule has 0 amide bonds. The second kappa shape index (κ2) is 9.30. The molecule has 4 aromatic rings. The number of nitrogens with zero attached hydrogens (tertiary/aromatic N) is 6. The first kappa shape index (κ1) is 22.2. The van der Waals surface area contributed by atoms with Gasteiger partial charge in [-0.1, -0.05) is 18.2 Å². The summed E-state index contributed by atoms with van der Waals surface area (Å²) in [6.07, 6.45) is 3.68. The number of para-hydroxylation sites is 1. The fourth-order valence-electron chi connectivity index (χ4n) is 4.65. The Morgan fingerprint density at radius 3 is 2.68 bits per heavy atom. The number of rotatable bonds is 6. The van der Waals surface area contributed by atoms with E-state index in [9.17, 15) is 0 Å². The molecule has 0 aliphatic carbocycles. The Kier molecular flexibility index (Phi) is 6.06. The van der Waals surface area contributed by atoms with Crippen molar-refractivity contribution in [3.8, 4) is 16.9 Å². The van der Waals surface area contributed by atoms with Crippen LogP contribution < -0.4 is 15.0 Å². The minimum atomic E-state index is 0.427. The molecule has 4 heterocycles. The zero-order valence-corrected chi connectivity index (χ0v) is 20.1. The topological polar surface area (TPSA) is 70.8 Å². The van der Waals surface area contributed by atoms with E-state index < -0.39 is 0 Å². The summed E-state index contributed by atoms with van der Waals surface area (Å²) in [5.74, 6) is 2.80. The number of fused-ring (bicyclic) bond motifs is 1. The quantitative estimate of drug-likeness (QED) is 0.470. The maximum absolute atomic E-state index is 5.47. The number of anilines is 2. The van der Waals surface area contributed by atoms with Crippen LogP contribution in [0.5, 0.6) is 5.75 Å². The standard InChI is InChI=1S/C26H31N7O/c1-18-16-32(19(2)15-31(18)3)24-11-9-20(13-27-24)22-10-12-25(33-17-29-30-26(22)33)28-14-21-7-5-6-8-23(21)34-4/h5-13,17-19,28H,14-16H2,1-4H3. The van der Waals surface area contributed by atoms with Gasteiger partial charge in [-0.25, -0.2) is 4.98 Å². The van der Waals surface area contributed by atoms with E-state index in [4.69, 9.17) is 9.72 Å². The Balaban J connectivity index is 1.38. The molecular weight excluding hydrogens is 426 g/mol. The van der Waals surface area contributed by atoms with Gasteiger partial charge >= 0.3 is 0 Å². The Morgan fingerprint density at radius 1 is 1.03 bits per heavy atom. The van der Waals surface area contributed by atoms with Gasteiger partial charge in [0.2, 0.25) is 0 Å². The summed E-state index contributed by atoms with van der Waals surface area (Å²) in [6, 6.07) is 17.3. The van der Waals surface area contributed by atoms with Gasteiger partial charge in [0.25, 0.3) is 0 Å². The molecule has 8 heteroatoms. The summed E-state index contributed by atoms with van der Waals surface area (Å²) in [4.78, 5) is 9.62. The van der Waals surface area contributed by atoms with Gasteiger partial charge in [-0.2, -0.15) is 0 Å². The lowest BCUT2D eigenvalue weighted by molar-refractivity contribution is 0.205. The lowest BCUT2D eigenvalue weighted by Crippen LogP contribution is -2.55. The monoisotopic (exact) mass is 457 g/mol. The van der Waals surface area contributed by atoms with Crippen LogP contribution in [0.1, 0.15) is 19.4 Å². The summed E-state index contributed by atoms with van der Waals surface area (Å²) in [5, 5.41) is 12.0. The molecule has 5 rings (SSSR count). The molecule has 1 aliphatic rings. The highest BCUT2D eigenvalue weighted by Crippen LogP contribution is 2.29. The number of hydrogen-bond donors (Lipinski definition) is 1. The van der Waals surface area contributed by atoms with Crippen LogP contribution in [-0.2, 0) is 6.54 Å². The van der Waals surface area contributed by atoms with Gasteiger partial charge in [-0.05, 0) is 51.2 Å². The average molecular weight is 458 g/mol. The van der Waals surface area contributed by atoms with Gasteiger partial charge < -0.3 is 15.0 Å². The molecular formula is C26H31N7O. The Hall–Kier alpha value is -3.65. The second-order valence-corrected chi connectivity index (χ2v) is 9.02. The van der Waals surface area contributed by atoms with Crippen LogP contribution in [0, 0.1) is 0 Å². The molecule has 0 radical (unpaired) electrons. The van der Waals surface area contributed by atoms with Crippen LogP contribution in [-0.4, -0.2) is 63.8 Å². The van der Waals surface area contributed by atoms with Gasteiger partial charge in [0.05, 0.1) is 7.11 Å². The van der Waals surface area contributed by atoms with Crippen molar-refractivity contribution < 1.29 is 4.74 Å². The smallest absolute Gasteiger partial charge is 0.170 e. The third kappa shape index (κ3) is 4.17. The predicted molar refractivity (Wildman–Crippen MR) is 135 cm³/mol. The predicted octanol–water partition coefficient (Wildman–Crippen LogP) is 3.94.